The van der Waals surface area contributed by atoms with Crippen LogP contribution in [0.25, 0.3) is 0 Å². The molecule has 2 saturated heterocycles. The summed E-state index contributed by atoms with van der Waals surface area (Å²) in [5, 5.41) is 5.89. The van der Waals surface area contributed by atoms with Gasteiger partial charge in [-0.1, -0.05) is 12.2 Å². The topological polar surface area (TPSA) is 32.3 Å². The number of anilines is 1. The molecule has 4 heteroatoms. The number of fused-ring (bicyclic) bond motifs is 2. The van der Waals surface area contributed by atoms with Crippen LogP contribution >= 0.6 is 11.3 Å². The third-order valence-electron chi connectivity index (χ3n) is 3.65. The zero-order chi connectivity index (χ0) is 11.8. The number of piperidine rings is 1. The van der Waals surface area contributed by atoms with E-state index in [1.54, 1.807) is 11.3 Å². The second-order valence-electron chi connectivity index (χ2n) is 4.86. The second-order valence-corrected chi connectivity index (χ2v) is 5.81. The van der Waals surface area contributed by atoms with E-state index in [0.29, 0.717) is 12.1 Å². The molecule has 2 aliphatic rings. The maximum absolute atomic E-state index is 12.2. The van der Waals surface area contributed by atoms with E-state index in [9.17, 15) is 4.79 Å². The average molecular weight is 248 g/mol. The Labute approximate surface area is 105 Å². The SMILES string of the molecule is C=C1CC2CCC(C1)N2C(=O)Nc1cccs1. The zero-order valence-corrected chi connectivity index (χ0v) is 10.5. The molecule has 1 aromatic rings. The third kappa shape index (κ3) is 1.97. The number of carbonyl (C=O) groups is 1. The number of rotatable bonds is 1. The summed E-state index contributed by atoms with van der Waals surface area (Å²) in [6.07, 6.45) is 4.21. The summed E-state index contributed by atoms with van der Waals surface area (Å²) in [5.41, 5.74) is 1.30. The number of nitrogens with one attached hydrogen (secondary N) is 1. The Bertz CT molecular complexity index is 424. The maximum Gasteiger partial charge on any atom is 0.322 e. The molecule has 2 aliphatic heterocycles. The maximum atomic E-state index is 12.2. The van der Waals surface area contributed by atoms with E-state index in [4.69, 9.17) is 0 Å². The fourth-order valence-corrected chi connectivity index (χ4v) is 3.57. The van der Waals surface area contributed by atoms with Crippen LogP contribution in [0.2, 0.25) is 0 Å². The normalized spacial score (nSPS) is 27.3. The lowest BCUT2D eigenvalue weighted by Crippen LogP contribution is -2.46. The van der Waals surface area contributed by atoms with Gasteiger partial charge in [0, 0.05) is 12.1 Å². The lowest BCUT2D eigenvalue weighted by molar-refractivity contribution is 0.174. The van der Waals surface area contributed by atoms with Crippen LogP contribution in [-0.2, 0) is 0 Å². The zero-order valence-electron chi connectivity index (χ0n) is 9.69. The van der Waals surface area contributed by atoms with Gasteiger partial charge in [-0.05, 0) is 43.2 Å². The molecule has 0 aliphatic carbocycles. The third-order valence-corrected chi connectivity index (χ3v) is 4.44. The fraction of sp³-hybridized carbons (Fsp3) is 0.462. The Kier molecular flexibility index (Phi) is 2.67. The first kappa shape index (κ1) is 10.8. The van der Waals surface area contributed by atoms with Gasteiger partial charge in [-0.25, -0.2) is 4.79 Å². The van der Waals surface area contributed by atoms with E-state index in [0.717, 1.165) is 30.7 Å². The van der Waals surface area contributed by atoms with Crippen LogP contribution < -0.4 is 5.32 Å². The highest BCUT2D eigenvalue weighted by atomic mass is 32.1. The fourth-order valence-electron chi connectivity index (χ4n) is 2.96. The number of amides is 2. The first-order valence-electron chi connectivity index (χ1n) is 6.03. The van der Waals surface area contributed by atoms with E-state index in [1.807, 2.05) is 22.4 Å². The van der Waals surface area contributed by atoms with E-state index < -0.39 is 0 Å². The summed E-state index contributed by atoms with van der Waals surface area (Å²) in [4.78, 5) is 14.3. The monoisotopic (exact) mass is 248 g/mol. The number of thiophene rings is 1. The molecule has 2 bridgehead atoms. The van der Waals surface area contributed by atoms with Gasteiger partial charge in [-0.15, -0.1) is 11.3 Å². The van der Waals surface area contributed by atoms with Crippen molar-refractivity contribution in [2.24, 2.45) is 0 Å². The number of hydrogen-bond acceptors (Lipinski definition) is 2. The van der Waals surface area contributed by atoms with Crippen molar-refractivity contribution in [2.45, 2.75) is 37.8 Å². The molecular weight excluding hydrogens is 232 g/mol. The van der Waals surface area contributed by atoms with Crippen LogP contribution in [0.1, 0.15) is 25.7 Å². The van der Waals surface area contributed by atoms with E-state index in [2.05, 4.69) is 11.9 Å². The minimum absolute atomic E-state index is 0.0625. The molecule has 1 N–H and O–H groups in total. The predicted octanol–water partition coefficient (Wildman–Crippen LogP) is 3.46. The minimum atomic E-state index is 0.0625. The van der Waals surface area contributed by atoms with E-state index in [1.165, 1.54) is 5.57 Å². The van der Waals surface area contributed by atoms with Gasteiger partial charge < -0.3 is 4.90 Å². The molecule has 2 atom stereocenters. The van der Waals surface area contributed by atoms with Crippen LogP contribution in [0.4, 0.5) is 9.80 Å². The van der Waals surface area contributed by atoms with Gasteiger partial charge in [-0.2, -0.15) is 0 Å². The Morgan fingerprint density at radius 1 is 1.41 bits per heavy atom. The molecule has 3 rings (SSSR count). The first-order valence-corrected chi connectivity index (χ1v) is 6.91. The summed E-state index contributed by atoms with van der Waals surface area (Å²) in [6, 6.07) is 4.70. The molecule has 0 aromatic carbocycles. The van der Waals surface area contributed by atoms with E-state index >= 15 is 0 Å². The Balaban J connectivity index is 1.72. The molecular formula is C13H16N2OS. The van der Waals surface area contributed by atoms with Crippen LogP contribution in [0.15, 0.2) is 29.7 Å². The molecule has 0 radical (unpaired) electrons. The average Bonchev–Trinajstić information content (AvgIpc) is 2.86. The lowest BCUT2D eigenvalue weighted by Gasteiger charge is -2.35. The number of urea groups is 1. The van der Waals surface area contributed by atoms with Crippen molar-refractivity contribution in [3.05, 3.63) is 29.7 Å². The number of carbonyl (C=O) groups excluding carboxylic acids is 1. The number of nitrogens with zero attached hydrogens (tertiary/aromatic N) is 1. The highest BCUT2D eigenvalue weighted by molar-refractivity contribution is 7.14. The molecule has 90 valence electrons. The first-order chi connectivity index (χ1) is 8.24. The summed E-state index contributed by atoms with van der Waals surface area (Å²) in [6.45, 7) is 4.07. The van der Waals surface area contributed by atoms with Gasteiger partial charge in [0.2, 0.25) is 0 Å². The van der Waals surface area contributed by atoms with Crippen molar-refractivity contribution in [1.29, 1.82) is 0 Å². The molecule has 0 saturated carbocycles. The number of hydrogen-bond donors (Lipinski definition) is 1. The second kappa shape index (κ2) is 4.18. The van der Waals surface area contributed by atoms with Crippen molar-refractivity contribution in [2.75, 3.05) is 5.32 Å². The van der Waals surface area contributed by atoms with Crippen molar-refractivity contribution in [3.63, 3.8) is 0 Å². The summed E-state index contributed by atoms with van der Waals surface area (Å²) in [7, 11) is 0. The van der Waals surface area contributed by atoms with E-state index in [-0.39, 0.29) is 6.03 Å². The van der Waals surface area contributed by atoms with Gasteiger partial charge in [-0.3, -0.25) is 5.32 Å². The minimum Gasteiger partial charge on any atom is -0.318 e. The van der Waals surface area contributed by atoms with Crippen LogP contribution in [-0.4, -0.2) is 23.0 Å². The smallest absolute Gasteiger partial charge is 0.318 e. The van der Waals surface area contributed by atoms with Gasteiger partial charge in [0.1, 0.15) is 0 Å². The Hall–Kier alpha value is -1.29. The van der Waals surface area contributed by atoms with Gasteiger partial charge >= 0.3 is 6.03 Å². The summed E-state index contributed by atoms with van der Waals surface area (Å²) >= 11 is 1.56. The molecule has 0 spiro atoms. The molecule has 3 heterocycles. The predicted molar refractivity (Wildman–Crippen MR) is 70.4 cm³/mol. The van der Waals surface area contributed by atoms with Gasteiger partial charge in [0.05, 0.1) is 5.00 Å². The molecule has 2 amide bonds. The summed E-state index contributed by atoms with van der Waals surface area (Å²) < 4.78 is 0. The quantitative estimate of drug-likeness (QED) is 0.758. The van der Waals surface area contributed by atoms with Crippen molar-refractivity contribution in [1.82, 2.24) is 4.90 Å². The van der Waals surface area contributed by atoms with Crippen LogP contribution in [0.3, 0.4) is 0 Å². The molecule has 3 nitrogen and oxygen atoms in total. The van der Waals surface area contributed by atoms with Crippen molar-refractivity contribution >= 4 is 22.4 Å². The Morgan fingerprint density at radius 2 is 2.12 bits per heavy atom. The molecule has 17 heavy (non-hydrogen) atoms. The van der Waals surface area contributed by atoms with Crippen LogP contribution in [0, 0.1) is 0 Å². The molecule has 2 fully saturated rings. The van der Waals surface area contributed by atoms with Gasteiger partial charge in [0.25, 0.3) is 0 Å². The standard InChI is InChI=1S/C13H16N2OS/c1-9-7-10-4-5-11(8-9)15(10)13(16)14-12-3-2-6-17-12/h2-3,6,10-11H,1,4-5,7-8H2,(H,14,16). The highest BCUT2D eigenvalue weighted by Gasteiger charge is 2.40. The van der Waals surface area contributed by atoms with Crippen LogP contribution in [0.5, 0.6) is 0 Å². The highest BCUT2D eigenvalue weighted by Crippen LogP contribution is 2.38. The lowest BCUT2D eigenvalue weighted by atomic mass is 9.99. The van der Waals surface area contributed by atoms with Gasteiger partial charge in [0.15, 0.2) is 0 Å². The summed E-state index contributed by atoms with van der Waals surface area (Å²) in [5.74, 6) is 0. The molecule has 2 unspecified atom stereocenters. The van der Waals surface area contributed by atoms with Crippen molar-refractivity contribution < 1.29 is 4.79 Å². The van der Waals surface area contributed by atoms with Crippen molar-refractivity contribution in [3.8, 4) is 0 Å². The largest absolute Gasteiger partial charge is 0.322 e. The molecule has 1 aromatic heterocycles. The Morgan fingerprint density at radius 3 is 2.71 bits per heavy atom.